The minimum absolute atomic E-state index is 0.0956. The van der Waals surface area contributed by atoms with Crippen molar-refractivity contribution < 1.29 is 4.79 Å². The molecular formula is C19H20N4O. The van der Waals surface area contributed by atoms with Gasteiger partial charge in [0.05, 0.1) is 5.52 Å². The van der Waals surface area contributed by atoms with Crippen LogP contribution in [0.3, 0.4) is 0 Å². The van der Waals surface area contributed by atoms with Crippen LogP contribution in [0.1, 0.15) is 32.5 Å². The van der Waals surface area contributed by atoms with E-state index in [1.807, 2.05) is 48.5 Å². The molecule has 0 spiro atoms. The van der Waals surface area contributed by atoms with Crippen molar-refractivity contribution in [3.05, 3.63) is 54.4 Å². The molecule has 2 aromatic carbocycles. The first-order valence-electron chi connectivity index (χ1n) is 7.94. The lowest BCUT2D eigenvalue weighted by atomic mass is 10.1. The van der Waals surface area contributed by atoms with Crippen molar-refractivity contribution in [1.29, 1.82) is 0 Å². The van der Waals surface area contributed by atoms with Crippen LogP contribution in [0, 0.1) is 0 Å². The number of amides is 1. The predicted octanol–water partition coefficient (Wildman–Crippen LogP) is 4.46. The third-order valence-corrected chi connectivity index (χ3v) is 3.58. The summed E-state index contributed by atoms with van der Waals surface area (Å²) in [6.45, 7) is 5.64. The molecule has 3 aromatic rings. The van der Waals surface area contributed by atoms with Crippen molar-refractivity contribution in [1.82, 2.24) is 9.97 Å². The molecule has 0 aliphatic carbocycles. The van der Waals surface area contributed by atoms with E-state index in [4.69, 9.17) is 0 Å². The lowest BCUT2D eigenvalue weighted by molar-refractivity contribution is -0.114. The largest absolute Gasteiger partial charge is 0.340 e. The molecule has 0 atom stereocenters. The highest BCUT2D eigenvalue weighted by molar-refractivity contribution is 5.92. The number of hydrogen-bond donors (Lipinski definition) is 2. The number of nitrogens with one attached hydrogen (secondary N) is 2. The molecule has 1 aromatic heterocycles. The number of fused-ring (bicyclic) bond motifs is 1. The SMILES string of the molecule is CC(=O)Nc1cccc(Nc2nc(C(C)C)nc3ccccc23)c1. The maximum Gasteiger partial charge on any atom is 0.221 e. The zero-order valence-corrected chi connectivity index (χ0v) is 14.0. The van der Waals surface area contributed by atoms with E-state index < -0.39 is 0 Å². The molecule has 1 amide bonds. The van der Waals surface area contributed by atoms with Crippen molar-refractivity contribution in [2.45, 2.75) is 26.7 Å². The second-order valence-corrected chi connectivity index (χ2v) is 5.99. The van der Waals surface area contributed by atoms with Crippen molar-refractivity contribution in [2.75, 3.05) is 10.6 Å². The maximum atomic E-state index is 11.2. The van der Waals surface area contributed by atoms with E-state index in [1.165, 1.54) is 6.92 Å². The van der Waals surface area contributed by atoms with Crippen molar-refractivity contribution in [3.8, 4) is 0 Å². The third kappa shape index (κ3) is 3.51. The Labute approximate surface area is 141 Å². The van der Waals surface area contributed by atoms with Gasteiger partial charge >= 0.3 is 0 Å². The topological polar surface area (TPSA) is 66.9 Å². The molecule has 0 saturated heterocycles. The van der Waals surface area contributed by atoms with E-state index in [1.54, 1.807) is 0 Å². The lowest BCUT2D eigenvalue weighted by Gasteiger charge is -2.13. The van der Waals surface area contributed by atoms with Crippen LogP contribution in [0.5, 0.6) is 0 Å². The molecule has 5 heteroatoms. The first-order chi connectivity index (χ1) is 11.5. The molecule has 0 unspecified atom stereocenters. The number of para-hydroxylation sites is 1. The number of anilines is 3. The van der Waals surface area contributed by atoms with E-state index in [9.17, 15) is 4.79 Å². The van der Waals surface area contributed by atoms with Gasteiger partial charge in [-0.3, -0.25) is 4.79 Å². The van der Waals surface area contributed by atoms with Crippen LogP contribution in [-0.2, 0) is 4.79 Å². The molecule has 5 nitrogen and oxygen atoms in total. The van der Waals surface area contributed by atoms with Gasteiger partial charge in [0.15, 0.2) is 0 Å². The Morgan fingerprint density at radius 1 is 1.00 bits per heavy atom. The number of nitrogens with zero attached hydrogens (tertiary/aromatic N) is 2. The molecular weight excluding hydrogens is 300 g/mol. The minimum Gasteiger partial charge on any atom is -0.340 e. The van der Waals surface area contributed by atoms with Gasteiger partial charge in [0.2, 0.25) is 5.91 Å². The van der Waals surface area contributed by atoms with E-state index >= 15 is 0 Å². The van der Waals surface area contributed by atoms with Gasteiger partial charge in [0.1, 0.15) is 11.6 Å². The molecule has 0 aliphatic heterocycles. The van der Waals surface area contributed by atoms with Gasteiger partial charge in [0, 0.05) is 29.6 Å². The Morgan fingerprint density at radius 3 is 2.50 bits per heavy atom. The molecule has 0 bridgehead atoms. The summed E-state index contributed by atoms with van der Waals surface area (Å²) in [4.78, 5) is 20.5. The number of aromatic nitrogens is 2. The summed E-state index contributed by atoms with van der Waals surface area (Å²) in [7, 11) is 0. The average Bonchev–Trinajstić information content (AvgIpc) is 2.54. The molecule has 0 aliphatic rings. The van der Waals surface area contributed by atoms with Crippen LogP contribution < -0.4 is 10.6 Å². The maximum absolute atomic E-state index is 11.2. The number of benzene rings is 2. The first-order valence-corrected chi connectivity index (χ1v) is 7.94. The van der Waals surface area contributed by atoms with Crippen LogP contribution in [0.15, 0.2) is 48.5 Å². The highest BCUT2D eigenvalue weighted by atomic mass is 16.1. The molecule has 2 N–H and O–H groups in total. The summed E-state index contributed by atoms with van der Waals surface area (Å²) < 4.78 is 0. The predicted molar refractivity (Wildman–Crippen MR) is 97.7 cm³/mol. The summed E-state index contributed by atoms with van der Waals surface area (Å²) in [5.74, 6) is 1.71. The van der Waals surface area contributed by atoms with E-state index in [-0.39, 0.29) is 11.8 Å². The Hall–Kier alpha value is -2.95. The standard InChI is InChI=1S/C19H20N4O/c1-12(2)18-22-17-10-5-4-9-16(17)19(23-18)21-15-8-6-7-14(11-15)20-13(3)24/h4-12H,1-3H3,(H,20,24)(H,21,22,23). The molecule has 3 rings (SSSR count). The zero-order valence-electron chi connectivity index (χ0n) is 14.0. The monoisotopic (exact) mass is 320 g/mol. The van der Waals surface area contributed by atoms with Crippen molar-refractivity contribution in [3.63, 3.8) is 0 Å². The first kappa shape index (κ1) is 15.9. The normalized spacial score (nSPS) is 10.8. The van der Waals surface area contributed by atoms with Crippen LogP contribution in [0.4, 0.5) is 17.2 Å². The minimum atomic E-state index is -0.0956. The molecule has 122 valence electrons. The highest BCUT2D eigenvalue weighted by Crippen LogP contribution is 2.26. The summed E-state index contributed by atoms with van der Waals surface area (Å²) in [6, 6.07) is 15.5. The molecule has 0 saturated carbocycles. The van der Waals surface area contributed by atoms with E-state index in [2.05, 4.69) is 34.4 Å². The number of carbonyl (C=O) groups is 1. The molecule has 0 radical (unpaired) electrons. The number of rotatable bonds is 4. The number of carbonyl (C=O) groups excluding carboxylic acids is 1. The fourth-order valence-corrected chi connectivity index (χ4v) is 2.46. The quantitative estimate of drug-likeness (QED) is 0.745. The summed E-state index contributed by atoms with van der Waals surface area (Å²) >= 11 is 0. The average molecular weight is 320 g/mol. The summed E-state index contributed by atoms with van der Waals surface area (Å²) in [6.07, 6.45) is 0. The second kappa shape index (κ2) is 6.66. The van der Waals surface area contributed by atoms with Gasteiger partial charge < -0.3 is 10.6 Å². The number of hydrogen-bond acceptors (Lipinski definition) is 4. The van der Waals surface area contributed by atoms with Crippen LogP contribution >= 0.6 is 0 Å². The Kier molecular flexibility index (Phi) is 4.42. The van der Waals surface area contributed by atoms with Gasteiger partial charge in [-0.05, 0) is 30.3 Å². The van der Waals surface area contributed by atoms with Gasteiger partial charge in [0.25, 0.3) is 0 Å². The highest BCUT2D eigenvalue weighted by Gasteiger charge is 2.10. The zero-order chi connectivity index (χ0) is 17.1. The Balaban J connectivity index is 2.01. The Morgan fingerprint density at radius 2 is 1.75 bits per heavy atom. The summed E-state index contributed by atoms with van der Waals surface area (Å²) in [5.41, 5.74) is 2.52. The van der Waals surface area contributed by atoms with Gasteiger partial charge in [-0.2, -0.15) is 0 Å². The van der Waals surface area contributed by atoms with E-state index in [0.717, 1.165) is 33.9 Å². The van der Waals surface area contributed by atoms with Crippen molar-refractivity contribution >= 4 is 34.0 Å². The van der Waals surface area contributed by atoms with Crippen molar-refractivity contribution in [2.24, 2.45) is 0 Å². The second-order valence-electron chi connectivity index (χ2n) is 5.99. The molecule has 1 heterocycles. The van der Waals surface area contributed by atoms with Gasteiger partial charge in [-0.15, -0.1) is 0 Å². The smallest absolute Gasteiger partial charge is 0.221 e. The van der Waals surface area contributed by atoms with Crippen LogP contribution in [0.2, 0.25) is 0 Å². The van der Waals surface area contributed by atoms with Crippen LogP contribution in [-0.4, -0.2) is 15.9 Å². The van der Waals surface area contributed by atoms with Gasteiger partial charge in [-0.1, -0.05) is 32.0 Å². The fraction of sp³-hybridized carbons (Fsp3) is 0.211. The van der Waals surface area contributed by atoms with E-state index in [0.29, 0.717) is 0 Å². The molecule has 24 heavy (non-hydrogen) atoms. The Bertz CT molecular complexity index is 889. The fourth-order valence-electron chi connectivity index (χ4n) is 2.46. The summed E-state index contributed by atoms with van der Waals surface area (Å²) in [5, 5.41) is 7.10. The third-order valence-electron chi connectivity index (χ3n) is 3.58. The van der Waals surface area contributed by atoms with Crippen LogP contribution in [0.25, 0.3) is 10.9 Å². The molecule has 0 fully saturated rings. The lowest BCUT2D eigenvalue weighted by Crippen LogP contribution is -2.06. The van der Waals surface area contributed by atoms with Gasteiger partial charge in [-0.25, -0.2) is 9.97 Å².